The second kappa shape index (κ2) is 16.0. The molecule has 0 unspecified atom stereocenters. The molecule has 2 heterocycles. The molecular weight excluding hydrogens is 829 g/mol. The lowest BCUT2D eigenvalue weighted by Gasteiger charge is -2.42. The Kier molecular flexibility index (Phi) is 11.7. The molecule has 2 aliphatic rings. The van der Waals surface area contributed by atoms with Gasteiger partial charge in [-0.15, -0.1) is 22.7 Å². The van der Waals surface area contributed by atoms with Gasteiger partial charge in [0.2, 0.25) is 0 Å². The van der Waals surface area contributed by atoms with Crippen molar-refractivity contribution >= 4 is 47.8 Å². The molecule has 0 atom stereocenters. The second-order valence-corrected chi connectivity index (χ2v) is 38.0. The van der Waals surface area contributed by atoms with Crippen LogP contribution in [0, 0.1) is 0 Å². The molecule has 4 heteroatoms. The van der Waals surface area contributed by atoms with Gasteiger partial charge in [-0.05, 0) is 144 Å². The summed E-state index contributed by atoms with van der Waals surface area (Å²) in [6.45, 7) is 44.4. The largest absolute Gasteiger partial charge is 0.144 e. The lowest BCUT2D eigenvalue weighted by molar-refractivity contribution is 0.590. The third-order valence-electron chi connectivity index (χ3n) is 16.4. The van der Waals surface area contributed by atoms with E-state index in [0.29, 0.717) is 33.2 Å². The van der Waals surface area contributed by atoms with E-state index in [1.165, 1.54) is 55.6 Å². The van der Waals surface area contributed by atoms with E-state index in [1.807, 2.05) is 0 Å². The third-order valence-corrected chi connectivity index (χ3v) is 34.6. The van der Waals surface area contributed by atoms with Gasteiger partial charge in [0.05, 0.1) is 5.41 Å². The van der Waals surface area contributed by atoms with Crippen molar-refractivity contribution in [3.05, 3.63) is 130 Å². The molecule has 0 aliphatic heterocycles. The minimum absolute atomic E-state index is 0.113. The SMILES string of the molecule is CC(C)[Si](c1cc2c(s1)-c1sc([Si](C(C)C)(C(C)C)C(C)C)cc1C21c2ccc(-c3ccc(C(C)(C)C)cc3)cc2-c2cc(-c3ccc(C(C)(C)C)cc3)ccc21)(C(C)C)C(C)C. The maximum Gasteiger partial charge on any atom is 0.107 e. The van der Waals surface area contributed by atoms with Crippen molar-refractivity contribution < 1.29 is 0 Å². The van der Waals surface area contributed by atoms with Crippen LogP contribution in [0.5, 0.6) is 0 Å². The number of benzene rings is 4. The number of fused-ring (bicyclic) bond motifs is 10. The standard InChI is InChI=1S/C59H76S2Si2/c1-35(2)62(36(3)4,37(5)6)53-33-51-55(60-53)56-52(34-54(61-56)63(38(7)8,39(9)10)40(11)12)59(51)49-29-23-43(41-19-25-45(26-20-41)57(13,14)15)31-47(49)48-32-44(24-30-50(48)59)42-21-27-46(28-22-42)58(16,17)18/h19-40H,1-18H3. The molecule has 2 aliphatic carbocycles. The Morgan fingerprint density at radius 3 is 0.921 bits per heavy atom. The van der Waals surface area contributed by atoms with Gasteiger partial charge in [-0.25, -0.2) is 0 Å². The van der Waals surface area contributed by atoms with Crippen LogP contribution in [0.3, 0.4) is 0 Å². The smallest absolute Gasteiger partial charge is 0.107 e. The molecule has 0 bridgehead atoms. The summed E-state index contributed by atoms with van der Waals surface area (Å²) in [5, 5.41) is 0. The second-order valence-electron chi connectivity index (χ2n) is 23.4. The zero-order chi connectivity index (χ0) is 45.9. The van der Waals surface area contributed by atoms with Gasteiger partial charge < -0.3 is 0 Å². The molecule has 4 aromatic carbocycles. The van der Waals surface area contributed by atoms with Crippen LogP contribution in [0.4, 0.5) is 0 Å². The van der Waals surface area contributed by atoms with Gasteiger partial charge in [0.15, 0.2) is 0 Å². The lowest BCUT2D eigenvalue weighted by Crippen LogP contribution is -2.54. The molecule has 0 N–H and O–H groups in total. The Balaban J connectivity index is 1.47. The molecule has 6 aromatic rings. The number of thiophene rings is 2. The topological polar surface area (TPSA) is 0 Å². The van der Waals surface area contributed by atoms with Crippen LogP contribution < -0.4 is 9.00 Å². The molecule has 2 aromatic heterocycles. The van der Waals surface area contributed by atoms with Crippen molar-refractivity contribution in [3.63, 3.8) is 0 Å². The zero-order valence-corrected chi connectivity index (χ0v) is 45.7. The van der Waals surface area contributed by atoms with Gasteiger partial charge in [-0.1, -0.05) is 197 Å². The number of hydrogen-bond donors (Lipinski definition) is 0. The van der Waals surface area contributed by atoms with Crippen LogP contribution in [0.1, 0.15) is 158 Å². The van der Waals surface area contributed by atoms with E-state index in [9.17, 15) is 0 Å². The van der Waals surface area contributed by atoms with Gasteiger partial charge in [0.1, 0.15) is 16.1 Å². The summed E-state index contributed by atoms with van der Waals surface area (Å²) in [6.07, 6.45) is 0. The number of hydrogen-bond acceptors (Lipinski definition) is 2. The van der Waals surface area contributed by atoms with Crippen molar-refractivity contribution in [2.75, 3.05) is 0 Å². The summed E-state index contributed by atoms with van der Waals surface area (Å²) in [6, 6.07) is 39.5. The molecule has 0 saturated heterocycles. The summed E-state index contributed by atoms with van der Waals surface area (Å²) >= 11 is 4.42. The predicted molar refractivity (Wildman–Crippen MR) is 288 cm³/mol. The predicted octanol–water partition coefficient (Wildman–Crippen LogP) is 17.9. The molecule has 332 valence electrons. The van der Waals surface area contributed by atoms with Gasteiger partial charge in [-0.2, -0.15) is 0 Å². The highest BCUT2D eigenvalue weighted by atomic mass is 32.1. The molecule has 0 amide bonds. The molecule has 0 radical (unpaired) electrons. The van der Waals surface area contributed by atoms with Crippen molar-refractivity contribution in [2.24, 2.45) is 0 Å². The van der Waals surface area contributed by atoms with Crippen molar-refractivity contribution in [3.8, 4) is 43.1 Å². The summed E-state index contributed by atoms with van der Waals surface area (Å²) in [5.41, 5.74) is 20.5. The first-order valence-electron chi connectivity index (χ1n) is 24.3. The van der Waals surface area contributed by atoms with E-state index in [2.05, 4.69) is 244 Å². The normalized spacial score (nSPS) is 14.9. The molecular formula is C59H76S2Si2. The minimum atomic E-state index is -1.96. The van der Waals surface area contributed by atoms with E-state index in [0.717, 1.165) is 0 Å². The van der Waals surface area contributed by atoms with Crippen LogP contribution in [-0.4, -0.2) is 16.1 Å². The first-order valence-corrected chi connectivity index (χ1v) is 30.3. The monoisotopic (exact) mass is 904 g/mol. The van der Waals surface area contributed by atoms with Crippen LogP contribution in [0.15, 0.2) is 97.1 Å². The fourth-order valence-electron chi connectivity index (χ4n) is 13.6. The van der Waals surface area contributed by atoms with Crippen molar-refractivity contribution in [1.82, 2.24) is 0 Å². The average molecular weight is 906 g/mol. The Labute approximate surface area is 393 Å². The maximum absolute atomic E-state index is 2.80. The fourth-order valence-corrected chi connectivity index (χ4v) is 34.1. The molecule has 63 heavy (non-hydrogen) atoms. The van der Waals surface area contributed by atoms with Gasteiger partial charge in [-0.3, -0.25) is 0 Å². The Hall–Kier alpha value is -3.29. The summed E-state index contributed by atoms with van der Waals surface area (Å²) in [5.74, 6) is 0. The first-order chi connectivity index (χ1) is 29.4. The van der Waals surface area contributed by atoms with Crippen LogP contribution in [0.2, 0.25) is 33.2 Å². The van der Waals surface area contributed by atoms with E-state index in [-0.39, 0.29) is 16.2 Å². The first kappa shape index (κ1) is 46.3. The fraction of sp³-hybridized carbons (Fsp3) is 0.458. The molecule has 0 fully saturated rings. The van der Waals surface area contributed by atoms with Gasteiger partial charge in [0.25, 0.3) is 0 Å². The van der Waals surface area contributed by atoms with Crippen LogP contribution in [0.25, 0.3) is 43.1 Å². The molecule has 0 nitrogen and oxygen atoms in total. The lowest BCUT2D eigenvalue weighted by atomic mass is 9.71. The zero-order valence-electron chi connectivity index (χ0n) is 42.0. The highest BCUT2D eigenvalue weighted by molar-refractivity contribution is 7.35. The quantitative estimate of drug-likeness (QED) is 0.120. The minimum Gasteiger partial charge on any atom is -0.144 e. The summed E-state index contributed by atoms with van der Waals surface area (Å²) in [7, 11) is -3.93. The Morgan fingerprint density at radius 1 is 0.365 bits per heavy atom. The third kappa shape index (κ3) is 6.79. The van der Waals surface area contributed by atoms with Crippen molar-refractivity contribution in [2.45, 2.75) is 174 Å². The Morgan fingerprint density at radius 2 is 0.651 bits per heavy atom. The van der Waals surface area contributed by atoms with E-state index >= 15 is 0 Å². The van der Waals surface area contributed by atoms with E-state index in [4.69, 9.17) is 0 Å². The highest BCUT2D eigenvalue weighted by Gasteiger charge is 2.57. The van der Waals surface area contributed by atoms with Crippen LogP contribution >= 0.6 is 22.7 Å². The summed E-state index contributed by atoms with van der Waals surface area (Å²) < 4.78 is 3.43. The average Bonchev–Trinajstić information content (AvgIpc) is 3.94. The number of rotatable bonds is 10. The van der Waals surface area contributed by atoms with E-state index < -0.39 is 16.1 Å². The Bertz CT molecular complexity index is 2420. The molecule has 0 saturated carbocycles. The molecule has 8 rings (SSSR count). The van der Waals surface area contributed by atoms with Gasteiger partial charge >= 0.3 is 0 Å². The van der Waals surface area contributed by atoms with Gasteiger partial charge in [0, 0.05) is 9.75 Å². The summed E-state index contributed by atoms with van der Waals surface area (Å²) in [4.78, 5) is 3.13. The van der Waals surface area contributed by atoms with E-state index in [1.54, 1.807) is 29.9 Å². The van der Waals surface area contributed by atoms with Crippen LogP contribution in [-0.2, 0) is 16.2 Å². The maximum atomic E-state index is 2.80. The highest BCUT2D eigenvalue weighted by Crippen LogP contribution is 2.66. The molecule has 1 spiro atoms. The van der Waals surface area contributed by atoms with Crippen molar-refractivity contribution in [1.29, 1.82) is 0 Å².